The Bertz CT molecular complexity index is 458. The van der Waals surface area contributed by atoms with Crippen LogP contribution < -0.4 is 10.6 Å². The van der Waals surface area contributed by atoms with E-state index in [2.05, 4.69) is 10.6 Å². The van der Waals surface area contributed by atoms with Gasteiger partial charge in [-0.1, -0.05) is 6.07 Å². The lowest BCUT2D eigenvalue weighted by Crippen LogP contribution is -2.36. The van der Waals surface area contributed by atoms with Gasteiger partial charge >= 0.3 is 11.8 Å². The zero-order chi connectivity index (χ0) is 14.3. The molecule has 0 radical (unpaired) electrons. The van der Waals surface area contributed by atoms with Crippen LogP contribution >= 0.6 is 0 Å². The van der Waals surface area contributed by atoms with E-state index in [1.54, 1.807) is 13.2 Å². The topological polar surface area (TPSA) is 67.4 Å². The van der Waals surface area contributed by atoms with Gasteiger partial charge < -0.3 is 15.4 Å². The highest BCUT2D eigenvalue weighted by molar-refractivity contribution is 6.39. The average molecular weight is 264 g/mol. The predicted octanol–water partition coefficient (Wildman–Crippen LogP) is 1.39. The van der Waals surface area contributed by atoms with E-state index < -0.39 is 11.8 Å². The van der Waals surface area contributed by atoms with Gasteiger partial charge in [0, 0.05) is 25.9 Å². The second kappa shape index (κ2) is 7.53. The fraction of sp³-hybridized carbons (Fsp3) is 0.429. The van der Waals surface area contributed by atoms with Crippen molar-refractivity contribution >= 4 is 17.5 Å². The molecule has 0 bridgehead atoms. The molecule has 0 aliphatic rings. The van der Waals surface area contributed by atoms with Crippen LogP contribution in [0.2, 0.25) is 0 Å². The number of rotatable bonds is 5. The molecule has 0 atom stereocenters. The number of carbonyl (C=O) groups is 2. The summed E-state index contributed by atoms with van der Waals surface area (Å²) in [5.74, 6) is -1.28. The molecule has 0 saturated carbocycles. The van der Waals surface area contributed by atoms with E-state index in [-0.39, 0.29) is 0 Å². The summed E-state index contributed by atoms with van der Waals surface area (Å²) in [5, 5.41) is 5.10. The lowest BCUT2D eigenvalue weighted by Gasteiger charge is -2.08. The molecular weight excluding hydrogens is 244 g/mol. The SMILES string of the molecule is COCCCNC(=O)C(=O)Nc1ccc(C)c(C)c1. The summed E-state index contributed by atoms with van der Waals surface area (Å²) in [5.41, 5.74) is 2.83. The van der Waals surface area contributed by atoms with Crippen LogP contribution in [0.4, 0.5) is 5.69 Å². The number of aryl methyl sites for hydroxylation is 2. The van der Waals surface area contributed by atoms with E-state index in [4.69, 9.17) is 4.74 Å². The van der Waals surface area contributed by atoms with Crippen molar-refractivity contribution in [3.8, 4) is 0 Å². The Labute approximate surface area is 113 Å². The van der Waals surface area contributed by atoms with Gasteiger partial charge in [-0.15, -0.1) is 0 Å². The zero-order valence-corrected chi connectivity index (χ0v) is 11.6. The second-order valence-electron chi connectivity index (χ2n) is 4.36. The Hall–Kier alpha value is -1.88. The van der Waals surface area contributed by atoms with Crippen molar-refractivity contribution in [2.24, 2.45) is 0 Å². The molecule has 0 fully saturated rings. The van der Waals surface area contributed by atoms with Crippen LogP contribution in [0.5, 0.6) is 0 Å². The van der Waals surface area contributed by atoms with Crippen LogP contribution in [0.25, 0.3) is 0 Å². The second-order valence-corrected chi connectivity index (χ2v) is 4.36. The average Bonchev–Trinajstić information content (AvgIpc) is 2.38. The number of carbonyl (C=O) groups excluding carboxylic acids is 2. The summed E-state index contributed by atoms with van der Waals surface area (Å²) in [6, 6.07) is 5.52. The summed E-state index contributed by atoms with van der Waals surface area (Å²) in [6.45, 7) is 4.92. The smallest absolute Gasteiger partial charge is 0.313 e. The molecule has 19 heavy (non-hydrogen) atoms. The first-order valence-electron chi connectivity index (χ1n) is 6.20. The van der Waals surface area contributed by atoms with E-state index in [9.17, 15) is 9.59 Å². The molecule has 0 spiro atoms. The van der Waals surface area contributed by atoms with E-state index >= 15 is 0 Å². The van der Waals surface area contributed by atoms with Crippen LogP contribution in [0.3, 0.4) is 0 Å². The van der Waals surface area contributed by atoms with Crippen molar-refractivity contribution in [3.05, 3.63) is 29.3 Å². The number of anilines is 1. The molecule has 5 nitrogen and oxygen atoms in total. The summed E-state index contributed by atoms with van der Waals surface area (Å²) in [6.07, 6.45) is 0.680. The normalized spacial score (nSPS) is 10.1. The fourth-order valence-corrected chi connectivity index (χ4v) is 1.51. The van der Waals surface area contributed by atoms with Crippen LogP contribution in [0.15, 0.2) is 18.2 Å². The minimum Gasteiger partial charge on any atom is -0.385 e. The standard InChI is InChI=1S/C14H20N2O3/c1-10-5-6-12(9-11(10)2)16-14(18)13(17)15-7-4-8-19-3/h5-6,9H,4,7-8H2,1-3H3,(H,15,17)(H,16,18). The molecule has 1 rings (SSSR count). The zero-order valence-electron chi connectivity index (χ0n) is 11.6. The van der Waals surface area contributed by atoms with Crippen LogP contribution in [-0.4, -0.2) is 32.1 Å². The minimum atomic E-state index is -0.652. The molecule has 2 amide bonds. The van der Waals surface area contributed by atoms with Crippen molar-refractivity contribution in [2.45, 2.75) is 20.3 Å². The van der Waals surface area contributed by atoms with Crippen LogP contribution in [-0.2, 0) is 14.3 Å². The third kappa shape index (κ3) is 5.09. The minimum absolute atomic E-state index is 0.424. The number of hydrogen-bond donors (Lipinski definition) is 2. The molecular formula is C14H20N2O3. The molecule has 0 aliphatic heterocycles. The Morgan fingerprint density at radius 2 is 1.89 bits per heavy atom. The van der Waals surface area contributed by atoms with Gasteiger partial charge in [0.25, 0.3) is 0 Å². The predicted molar refractivity (Wildman–Crippen MR) is 74.0 cm³/mol. The Morgan fingerprint density at radius 3 is 2.53 bits per heavy atom. The van der Waals surface area contributed by atoms with Crippen molar-refractivity contribution in [3.63, 3.8) is 0 Å². The molecule has 5 heteroatoms. The lowest BCUT2D eigenvalue weighted by atomic mass is 10.1. The third-order valence-corrected chi connectivity index (χ3v) is 2.78. The lowest BCUT2D eigenvalue weighted by molar-refractivity contribution is -0.136. The summed E-state index contributed by atoms with van der Waals surface area (Å²) in [4.78, 5) is 23.1. The number of hydrogen-bond acceptors (Lipinski definition) is 3. The summed E-state index contributed by atoms with van der Waals surface area (Å²) < 4.78 is 4.85. The molecule has 0 saturated heterocycles. The number of amides is 2. The summed E-state index contributed by atoms with van der Waals surface area (Å²) in [7, 11) is 1.59. The molecule has 2 N–H and O–H groups in total. The summed E-state index contributed by atoms with van der Waals surface area (Å²) >= 11 is 0. The van der Waals surface area contributed by atoms with E-state index in [1.165, 1.54) is 0 Å². The van der Waals surface area contributed by atoms with Crippen LogP contribution in [0, 0.1) is 13.8 Å². The van der Waals surface area contributed by atoms with Gasteiger partial charge in [-0.05, 0) is 43.5 Å². The van der Waals surface area contributed by atoms with Gasteiger partial charge in [0.15, 0.2) is 0 Å². The largest absolute Gasteiger partial charge is 0.385 e. The van der Waals surface area contributed by atoms with Gasteiger partial charge in [-0.3, -0.25) is 9.59 Å². The number of nitrogens with one attached hydrogen (secondary N) is 2. The Morgan fingerprint density at radius 1 is 1.16 bits per heavy atom. The maximum Gasteiger partial charge on any atom is 0.313 e. The van der Waals surface area contributed by atoms with Gasteiger partial charge in [-0.25, -0.2) is 0 Å². The first-order valence-corrected chi connectivity index (χ1v) is 6.20. The fourth-order valence-electron chi connectivity index (χ4n) is 1.51. The highest BCUT2D eigenvalue weighted by Crippen LogP contribution is 2.13. The first-order chi connectivity index (χ1) is 9.04. The Balaban J connectivity index is 2.45. The van der Waals surface area contributed by atoms with Gasteiger partial charge in [-0.2, -0.15) is 0 Å². The number of ether oxygens (including phenoxy) is 1. The first kappa shape index (κ1) is 15.2. The maximum absolute atomic E-state index is 11.6. The monoisotopic (exact) mass is 264 g/mol. The van der Waals surface area contributed by atoms with E-state index in [0.29, 0.717) is 25.3 Å². The van der Waals surface area contributed by atoms with Gasteiger partial charge in [0.05, 0.1) is 0 Å². The molecule has 0 aromatic heterocycles. The number of benzene rings is 1. The van der Waals surface area contributed by atoms with Gasteiger partial charge in [0.2, 0.25) is 0 Å². The molecule has 104 valence electrons. The van der Waals surface area contributed by atoms with Crippen molar-refractivity contribution < 1.29 is 14.3 Å². The maximum atomic E-state index is 11.6. The van der Waals surface area contributed by atoms with E-state index in [0.717, 1.165) is 11.1 Å². The number of methoxy groups -OCH3 is 1. The van der Waals surface area contributed by atoms with Crippen molar-refractivity contribution in [1.82, 2.24) is 5.32 Å². The van der Waals surface area contributed by atoms with E-state index in [1.807, 2.05) is 26.0 Å². The van der Waals surface area contributed by atoms with Crippen molar-refractivity contribution in [1.29, 1.82) is 0 Å². The third-order valence-electron chi connectivity index (χ3n) is 2.78. The highest BCUT2D eigenvalue weighted by atomic mass is 16.5. The highest BCUT2D eigenvalue weighted by Gasteiger charge is 2.12. The van der Waals surface area contributed by atoms with Crippen LogP contribution in [0.1, 0.15) is 17.5 Å². The molecule has 0 aliphatic carbocycles. The van der Waals surface area contributed by atoms with Gasteiger partial charge in [0.1, 0.15) is 0 Å². The molecule has 1 aromatic carbocycles. The quantitative estimate of drug-likeness (QED) is 0.624. The van der Waals surface area contributed by atoms with Crippen molar-refractivity contribution in [2.75, 3.05) is 25.6 Å². The molecule has 1 aromatic rings. The molecule has 0 heterocycles. The Kier molecular flexibility index (Phi) is 6.02. The molecule has 0 unspecified atom stereocenters.